The highest BCUT2D eigenvalue weighted by Crippen LogP contribution is 2.36. The maximum Gasteiger partial charge on any atom is 0.228 e. The number of methoxy groups -OCH3 is 1. The topological polar surface area (TPSA) is 98.7 Å². The Balaban J connectivity index is 1.80. The zero-order valence-electron chi connectivity index (χ0n) is 15.5. The Morgan fingerprint density at radius 1 is 1.11 bits per heavy atom. The summed E-state index contributed by atoms with van der Waals surface area (Å²) in [7, 11) is 1.56. The van der Waals surface area contributed by atoms with Gasteiger partial charge in [0.2, 0.25) is 22.1 Å². The van der Waals surface area contributed by atoms with E-state index in [2.05, 4.69) is 29.9 Å². The standard InChI is InChI=1S/C18H17ClN6O2S/c1-4-10-12(19)11-14(21-10)23-18(25-16(11)27-5-2)28-17-22-13-9(7-6-8-20-13)15(24-17)26-3/h6-8H,4-5H2,1-3H3,(H,21,23,25). The van der Waals surface area contributed by atoms with Crippen molar-refractivity contribution in [3.8, 4) is 11.8 Å². The lowest BCUT2D eigenvalue weighted by atomic mass is 10.3. The molecule has 0 unspecified atom stereocenters. The number of hydrogen-bond donors (Lipinski definition) is 1. The third-order valence-corrected chi connectivity index (χ3v) is 5.18. The van der Waals surface area contributed by atoms with Crippen molar-refractivity contribution < 1.29 is 9.47 Å². The van der Waals surface area contributed by atoms with Gasteiger partial charge in [0.1, 0.15) is 5.65 Å². The highest BCUT2D eigenvalue weighted by Gasteiger charge is 2.19. The van der Waals surface area contributed by atoms with Crippen LogP contribution in [0.4, 0.5) is 0 Å². The lowest BCUT2D eigenvalue weighted by molar-refractivity contribution is 0.328. The molecule has 0 amide bonds. The summed E-state index contributed by atoms with van der Waals surface area (Å²) >= 11 is 7.67. The third kappa shape index (κ3) is 3.31. The zero-order valence-corrected chi connectivity index (χ0v) is 17.1. The van der Waals surface area contributed by atoms with E-state index in [-0.39, 0.29) is 0 Å². The molecule has 4 heterocycles. The molecule has 0 fully saturated rings. The molecule has 8 nitrogen and oxygen atoms in total. The van der Waals surface area contributed by atoms with E-state index in [0.717, 1.165) is 17.5 Å². The molecule has 0 saturated carbocycles. The lowest BCUT2D eigenvalue weighted by Crippen LogP contribution is -2.00. The van der Waals surface area contributed by atoms with Crippen molar-refractivity contribution in [2.75, 3.05) is 13.7 Å². The predicted molar refractivity (Wildman–Crippen MR) is 107 cm³/mol. The first-order chi connectivity index (χ1) is 13.6. The number of aromatic amines is 1. The summed E-state index contributed by atoms with van der Waals surface area (Å²) in [6, 6.07) is 3.67. The Hall–Kier alpha value is -2.65. The van der Waals surface area contributed by atoms with Gasteiger partial charge >= 0.3 is 0 Å². The maximum atomic E-state index is 6.47. The van der Waals surface area contributed by atoms with Gasteiger partial charge in [-0.1, -0.05) is 18.5 Å². The van der Waals surface area contributed by atoms with Crippen molar-refractivity contribution in [3.63, 3.8) is 0 Å². The van der Waals surface area contributed by atoms with Crippen LogP contribution in [0.1, 0.15) is 19.5 Å². The van der Waals surface area contributed by atoms with Crippen molar-refractivity contribution in [3.05, 3.63) is 29.0 Å². The monoisotopic (exact) mass is 416 g/mol. The summed E-state index contributed by atoms with van der Waals surface area (Å²) in [5.74, 6) is 0.879. The number of halogens is 1. The quantitative estimate of drug-likeness (QED) is 0.469. The van der Waals surface area contributed by atoms with Crippen LogP contribution in [0, 0.1) is 0 Å². The Morgan fingerprint density at radius 2 is 1.89 bits per heavy atom. The first kappa shape index (κ1) is 18.7. The van der Waals surface area contributed by atoms with Gasteiger partial charge in [-0.05, 0) is 37.2 Å². The molecule has 4 aromatic rings. The van der Waals surface area contributed by atoms with Crippen LogP contribution < -0.4 is 9.47 Å². The van der Waals surface area contributed by atoms with Crippen molar-refractivity contribution >= 4 is 45.4 Å². The van der Waals surface area contributed by atoms with E-state index in [4.69, 9.17) is 21.1 Å². The molecular formula is C18H17ClN6O2S. The number of pyridine rings is 1. The SMILES string of the molecule is CCOc1nc(Sc2nc(OC)c3cccnc3n2)nc2[nH]c(CC)c(Cl)c12. The predicted octanol–water partition coefficient (Wildman–Crippen LogP) is 4.07. The van der Waals surface area contributed by atoms with E-state index in [1.54, 1.807) is 13.3 Å². The number of H-pyrrole nitrogens is 1. The van der Waals surface area contributed by atoms with Gasteiger partial charge in [0.15, 0.2) is 5.65 Å². The molecule has 28 heavy (non-hydrogen) atoms. The second-order valence-corrected chi connectivity index (χ2v) is 7.04. The normalized spacial score (nSPS) is 11.3. The average Bonchev–Trinajstić information content (AvgIpc) is 3.03. The Morgan fingerprint density at radius 3 is 2.64 bits per heavy atom. The highest BCUT2D eigenvalue weighted by atomic mass is 35.5. The van der Waals surface area contributed by atoms with E-state index in [0.29, 0.717) is 50.4 Å². The molecule has 0 radical (unpaired) electrons. The highest BCUT2D eigenvalue weighted by molar-refractivity contribution is 7.99. The fourth-order valence-electron chi connectivity index (χ4n) is 2.79. The summed E-state index contributed by atoms with van der Waals surface area (Å²) < 4.78 is 11.1. The van der Waals surface area contributed by atoms with Gasteiger partial charge in [-0.15, -0.1) is 0 Å². The lowest BCUT2D eigenvalue weighted by Gasteiger charge is -2.08. The number of hydrogen-bond acceptors (Lipinski definition) is 8. The first-order valence-electron chi connectivity index (χ1n) is 8.70. The smallest absolute Gasteiger partial charge is 0.228 e. The van der Waals surface area contributed by atoms with Crippen molar-refractivity contribution in [2.24, 2.45) is 0 Å². The van der Waals surface area contributed by atoms with E-state index in [1.807, 2.05) is 26.0 Å². The second kappa shape index (κ2) is 7.76. The summed E-state index contributed by atoms with van der Waals surface area (Å²) in [5, 5.41) is 2.88. The summed E-state index contributed by atoms with van der Waals surface area (Å²) in [6.45, 7) is 4.37. The van der Waals surface area contributed by atoms with Crippen LogP contribution in [-0.2, 0) is 6.42 Å². The van der Waals surface area contributed by atoms with Crippen LogP contribution in [0.3, 0.4) is 0 Å². The number of nitrogens with zero attached hydrogens (tertiary/aromatic N) is 5. The Labute approximate surface area is 170 Å². The van der Waals surface area contributed by atoms with Crippen LogP contribution in [-0.4, -0.2) is 43.6 Å². The Kier molecular flexibility index (Phi) is 5.19. The molecule has 0 saturated heterocycles. The zero-order chi connectivity index (χ0) is 19.7. The van der Waals surface area contributed by atoms with Gasteiger partial charge in [0.25, 0.3) is 0 Å². The van der Waals surface area contributed by atoms with E-state index in [1.165, 1.54) is 11.8 Å². The molecule has 4 aromatic heterocycles. The molecule has 0 bridgehead atoms. The van der Waals surface area contributed by atoms with Crippen LogP contribution in [0.15, 0.2) is 28.6 Å². The Bertz CT molecular complexity index is 1170. The molecule has 1 N–H and O–H groups in total. The molecule has 0 aliphatic rings. The molecule has 0 spiro atoms. The molecule has 0 aliphatic carbocycles. The van der Waals surface area contributed by atoms with Crippen LogP contribution in [0.5, 0.6) is 11.8 Å². The fourth-order valence-corrected chi connectivity index (χ4v) is 3.83. The number of fused-ring (bicyclic) bond motifs is 2. The van der Waals surface area contributed by atoms with E-state index in [9.17, 15) is 0 Å². The molecular weight excluding hydrogens is 400 g/mol. The third-order valence-electron chi connectivity index (χ3n) is 4.04. The number of aryl methyl sites for hydroxylation is 1. The second-order valence-electron chi connectivity index (χ2n) is 5.73. The van der Waals surface area contributed by atoms with Crippen molar-refractivity contribution in [2.45, 2.75) is 30.6 Å². The van der Waals surface area contributed by atoms with Crippen molar-refractivity contribution in [1.82, 2.24) is 29.9 Å². The molecule has 4 rings (SSSR count). The van der Waals surface area contributed by atoms with Crippen LogP contribution in [0.25, 0.3) is 22.1 Å². The molecule has 10 heteroatoms. The van der Waals surface area contributed by atoms with Crippen molar-refractivity contribution in [1.29, 1.82) is 0 Å². The fraction of sp³-hybridized carbons (Fsp3) is 0.278. The molecule has 0 aliphatic heterocycles. The van der Waals surface area contributed by atoms with Crippen LogP contribution >= 0.6 is 23.4 Å². The summed E-state index contributed by atoms with van der Waals surface area (Å²) in [4.78, 5) is 25.5. The summed E-state index contributed by atoms with van der Waals surface area (Å²) in [6.07, 6.45) is 2.42. The first-order valence-corrected chi connectivity index (χ1v) is 9.89. The number of rotatable bonds is 6. The van der Waals surface area contributed by atoms with Gasteiger partial charge in [0, 0.05) is 11.9 Å². The largest absolute Gasteiger partial charge is 0.480 e. The van der Waals surface area contributed by atoms with E-state index >= 15 is 0 Å². The molecule has 144 valence electrons. The van der Waals surface area contributed by atoms with Gasteiger partial charge in [-0.25, -0.2) is 15.0 Å². The summed E-state index contributed by atoms with van der Waals surface area (Å²) in [5.41, 5.74) is 2.05. The number of nitrogens with one attached hydrogen (secondary N) is 1. The van der Waals surface area contributed by atoms with Gasteiger partial charge < -0.3 is 14.5 Å². The van der Waals surface area contributed by atoms with Gasteiger partial charge in [-0.2, -0.15) is 9.97 Å². The average molecular weight is 417 g/mol. The minimum atomic E-state index is 0.429. The molecule has 0 aromatic carbocycles. The maximum absolute atomic E-state index is 6.47. The minimum absolute atomic E-state index is 0.429. The number of ether oxygens (including phenoxy) is 2. The van der Waals surface area contributed by atoms with Crippen LogP contribution in [0.2, 0.25) is 5.02 Å². The van der Waals surface area contributed by atoms with E-state index < -0.39 is 0 Å². The van der Waals surface area contributed by atoms with Gasteiger partial charge in [0.05, 0.1) is 29.5 Å². The van der Waals surface area contributed by atoms with Gasteiger partial charge in [-0.3, -0.25) is 0 Å². The molecule has 0 atom stereocenters. The minimum Gasteiger partial charge on any atom is -0.480 e. The number of aromatic nitrogens is 6.